The van der Waals surface area contributed by atoms with Crippen LogP contribution in [-0.2, 0) is 4.79 Å². The number of anilines is 2. The van der Waals surface area contributed by atoms with E-state index in [0.717, 1.165) is 5.69 Å². The van der Waals surface area contributed by atoms with Crippen LogP contribution in [0.15, 0.2) is 48.5 Å². The highest BCUT2D eigenvalue weighted by Gasteiger charge is 2.12. The van der Waals surface area contributed by atoms with Crippen LogP contribution in [0.4, 0.5) is 11.4 Å². The lowest BCUT2D eigenvalue weighted by Crippen LogP contribution is -2.31. The molecule has 5 heteroatoms. The van der Waals surface area contributed by atoms with Gasteiger partial charge in [0.2, 0.25) is 5.91 Å². The Balaban J connectivity index is 1.94. The monoisotopic (exact) mass is 308 g/mol. The summed E-state index contributed by atoms with van der Waals surface area (Å²) in [5.74, 6) is -0.123. The molecule has 1 amide bonds. The number of carbonyl (C=O) groups excluding carboxylic acids is 1. The maximum absolute atomic E-state index is 12.0. The van der Waals surface area contributed by atoms with Gasteiger partial charge in [0.15, 0.2) is 0 Å². The molecule has 0 radical (unpaired) electrons. The third kappa shape index (κ3) is 4.15. The fraction of sp³-hybridized carbons (Fsp3) is 0.133. The van der Waals surface area contributed by atoms with Gasteiger partial charge >= 0.3 is 0 Å². The molecule has 104 valence electrons. The molecule has 0 aliphatic carbocycles. The molecule has 2 N–H and O–H groups in total. The lowest BCUT2D eigenvalue weighted by Gasteiger charge is -2.15. The van der Waals surface area contributed by atoms with Crippen molar-refractivity contribution in [1.29, 1.82) is 0 Å². The van der Waals surface area contributed by atoms with Crippen molar-refractivity contribution in [3.05, 3.63) is 58.6 Å². The van der Waals surface area contributed by atoms with E-state index in [4.69, 9.17) is 23.2 Å². The maximum atomic E-state index is 12.0. The highest BCUT2D eigenvalue weighted by Crippen LogP contribution is 2.16. The lowest BCUT2D eigenvalue weighted by molar-refractivity contribution is -0.116. The van der Waals surface area contributed by atoms with Crippen molar-refractivity contribution in [3.8, 4) is 0 Å². The Kier molecular flexibility index (Phi) is 4.88. The molecule has 0 spiro atoms. The highest BCUT2D eigenvalue weighted by atomic mass is 35.5. The van der Waals surface area contributed by atoms with Gasteiger partial charge in [0, 0.05) is 21.4 Å². The molecule has 2 rings (SSSR count). The molecule has 0 heterocycles. The van der Waals surface area contributed by atoms with Gasteiger partial charge in [0.25, 0.3) is 0 Å². The van der Waals surface area contributed by atoms with Crippen LogP contribution < -0.4 is 10.6 Å². The fourth-order valence-electron chi connectivity index (χ4n) is 1.65. The maximum Gasteiger partial charge on any atom is 0.246 e. The van der Waals surface area contributed by atoms with E-state index >= 15 is 0 Å². The molecule has 0 aliphatic rings. The van der Waals surface area contributed by atoms with Crippen molar-refractivity contribution in [2.45, 2.75) is 13.0 Å². The Hall–Kier alpha value is -1.71. The number of hydrogen-bond acceptors (Lipinski definition) is 2. The number of benzene rings is 2. The summed E-state index contributed by atoms with van der Waals surface area (Å²) in [5, 5.41) is 7.21. The smallest absolute Gasteiger partial charge is 0.246 e. The normalized spacial score (nSPS) is 11.8. The zero-order valence-electron chi connectivity index (χ0n) is 10.9. The zero-order chi connectivity index (χ0) is 14.5. The number of halogens is 2. The van der Waals surface area contributed by atoms with E-state index in [9.17, 15) is 4.79 Å². The quantitative estimate of drug-likeness (QED) is 0.877. The van der Waals surface area contributed by atoms with E-state index in [0.29, 0.717) is 15.7 Å². The van der Waals surface area contributed by atoms with Crippen molar-refractivity contribution < 1.29 is 4.79 Å². The third-order valence-electron chi connectivity index (χ3n) is 2.73. The van der Waals surface area contributed by atoms with Crippen LogP contribution in [0.2, 0.25) is 10.0 Å². The zero-order valence-corrected chi connectivity index (χ0v) is 12.4. The lowest BCUT2D eigenvalue weighted by atomic mass is 10.2. The summed E-state index contributed by atoms with van der Waals surface area (Å²) in [6, 6.07) is 13.8. The number of amides is 1. The fourth-order valence-corrected chi connectivity index (χ4v) is 1.90. The average molecular weight is 309 g/mol. The van der Waals surface area contributed by atoms with Crippen molar-refractivity contribution in [3.63, 3.8) is 0 Å². The van der Waals surface area contributed by atoms with Crippen LogP contribution in [0.25, 0.3) is 0 Å². The molecule has 1 atom stereocenters. The van der Waals surface area contributed by atoms with Crippen LogP contribution in [0, 0.1) is 0 Å². The molecular formula is C15H14Cl2N2O. The van der Waals surface area contributed by atoms with Gasteiger partial charge in [-0.15, -0.1) is 0 Å². The molecule has 0 saturated heterocycles. The second kappa shape index (κ2) is 6.64. The van der Waals surface area contributed by atoms with Crippen molar-refractivity contribution >= 4 is 40.5 Å². The van der Waals surface area contributed by atoms with Gasteiger partial charge in [-0.25, -0.2) is 0 Å². The first-order chi connectivity index (χ1) is 9.54. The van der Waals surface area contributed by atoms with E-state index in [-0.39, 0.29) is 11.9 Å². The van der Waals surface area contributed by atoms with Gasteiger partial charge in [-0.3, -0.25) is 4.79 Å². The van der Waals surface area contributed by atoms with Gasteiger partial charge < -0.3 is 10.6 Å². The summed E-state index contributed by atoms with van der Waals surface area (Å²) in [5.41, 5.74) is 1.55. The summed E-state index contributed by atoms with van der Waals surface area (Å²) >= 11 is 11.6. The molecule has 3 nitrogen and oxygen atoms in total. The van der Waals surface area contributed by atoms with Gasteiger partial charge in [-0.05, 0) is 55.5 Å². The van der Waals surface area contributed by atoms with Crippen molar-refractivity contribution in [1.82, 2.24) is 0 Å². The second-order valence-electron chi connectivity index (χ2n) is 4.37. The molecule has 0 bridgehead atoms. The number of hydrogen-bond donors (Lipinski definition) is 2. The Morgan fingerprint density at radius 1 is 0.900 bits per heavy atom. The molecule has 1 unspecified atom stereocenters. The predicted octanol–water partition coefficient (Wildman–Crippen LogP) is 4.43. The average Bonchev–Trinajstić information content (AvgIpc) is 2.44. The third-order valence-corrected chi connectivity index (χ3v) is 3.24. The van der Waals surface area contributed by atoms with E-state index in [1.54, 1.807) is 43.3 Å². The molecular weight excluding hydrogens is 295 g/mol. The summed E-state index contributed by atoms with van der Waals surface area (Å²) in [4.78, 5) is 12.0. The molecule has 20 heavy (non-hydrogen) atoms. The van der Waals surface area contributed by atoms with Gasteiger partial charge in [-0.2, -0.15) is 0 Å². The van der Waals surface area contributed by atoms with Gasteiger partial charge in [-0.1, -0.05) is 23.2 Å². The minimum absolute atomic E-state index is 0.123. The van der Waals surface area contributed by atoms with Crippen LogP contribution in [-0.4, -0.2) is 11.9 Å². The SMILES string of the molecule is CC(Nc1ccc(Cl)cc1)C(=O)Nc1ccc(Cl)cc1. The molecule has 0 aliphatic heterocycles. The van der Waals surface area contributed by atoms with Gasteiger partial charge in [0.1, 0.15) is 6.04 Å². The van der Waals surface area contributed by atoms with Crippen LogP contribution in [0.5, 0.6) is 0 Å². The van der Waals surface area contributed by atoms with E-state index in [1.807, 2.05) is 12.1 Å². The highest BCUT2D eigenvalue weighted by molar-refractivity contribution is 6.30. The van der Waals surface area contributed by atoms with Crippen LogP contribution >= 0.6 is 23.2 Å². The minimum Gasteiger partial charge on any atom is -0.374 e. The Morgan fingerprint density at radius 2 is 1.35 bits per heavy atom. The molecule has 2 aromatic carbocycles. The van der Waals surface area contributed by atoms with E-state index in [1.165, 1.54) is 0 Å². The van der Waals surface area contributed by atoms with E-state index < -0.39 is 0 Å². The van der Waals surface area contributed by atoms with Crippen LogP contribution in [0.1, 0.15) is 6.92 Å². The first-order valence-electron chi connectivity index (χ1n) is 6.13. The van der Waals surface area contributed by atoms with Crippen molar-refractivity contribution in [2.24, 2.45) is 0 Å². The summed E-state index contributed by atoms with van der Waals surface area (Å²) in [7, 11) is 0. The summed E-state index contributed by atoms with van der Waals surface area (Å²) in [6.07, 6.45) is 0. The standard InChI is InChI=1S/C15H14Cl2N2O/c1-10(18-13-6-2-11(16)3-7-13)15(20)19-14-8-4-12(17)5-9-14/h2-10,18H,1H3,(H,19,20). The molecule has 2 aromatic rings. The Morgan fingerprint density at radius 3 is 1.85 bits per heavy atom. The largest absolute Gasteiger partial charge is 0.374 e. The number of rotatable bonds is 4. The van der Waals surface area contributed by atoms with Gasteiger partial charge in [0.05, 0.1) is 0 Å². The molecule has 0 fully saturated rings. The molecule has 0 aromatic heterocycles. The van der Waals surface area contributed by atoms with E-state index in [2.05, 4.69) is 10.6 Å². The summed E-state index contributed by atoms with van der Waals surface area (Å²) in [6.45, 7) is 1.79. The minimum atomic E-state index is -0.369. The number of carbonyl (C=O) groups is 1. The summed E-state index contributed by atoms with van der Waals surface area (Å²) < 4.78 is 0. The van der Waals surface area contributed by atoms with Crippen LogP contribution in [0.3, 0.4) is 0 Å². The molecule has 0 saturated carbocycles. The Bertz CT molecular complexity index is 582. The number of nitrogens with one attached hydrogen (secondary N) is 2. The predicted molar refractivity (Wildman–Crippen MR) is 84.6 cm³/mol. The first-order valence-corrected chi connectivity index (χ1v) is 6.89. The Labute approximate surface area is 127 Å². The van der Waals surface area contributed by atoms with Crippen molar-refractivity contribution in [2.75, 3.05) is 10.6 Å². The topological polar surface area (TPSA) is 41.1 Å². The second-order valence-corrected chi connectivity index (χ2v) is 5.24. The first kappa shape index (κ1) is 14.7.